The third-order valence-electron chi connectivity index (χ3n) is 3.03. The molecule has 0 spiro atoms. The van der Waals surface area contributed by atoms with Gasteiger partial charge in [0.05, 0.1) is 0 Å². The van der Waals surface area contributed by atoms with Gasteiger partial charge in [-0.25, -0.2) is 0 Å². The Kier molecular flexibility index (Phi) is 6.01. The molecule has 1 aromatic carbocycles. The molecule has 0 heterocycles. The Bertz CT molecular complexity index is 311. The molecule has 17 heavy (non-hydrogen) atoms. The van der Waals surface area contributed by atoms with Gasteiger partial charge in [0.2, 0.25) is 0 Å². The molecule has 3 heteroatoms. The Labute approximate surface area is 104 Å². The van der Waals surface area contributed by atoms with E-state index in [9.17, 15) is 0 Å². The molecule has 0 bridgehead atoms. The van der Waals surface area contributed by atoms with E-state index in [1.54, 1.807) is 0 Å². The minimum atomic E-state index is -0.103. The Morgan fingerprint density at radius 3 is 2.47 bits per heavy atom. The maximum Gasteiger partial charge on any atom is 0.119 e. The summed E-state index contributed by atoms with van der Waals surface area (Å²) < 4.78 is 5.55. The quantitative estimate of drug-likeness (QED) is 0.765. The highest BCUT2D eigenvalue weighted by Crippen LogP contribution is 2.21. The lowest BCUT2D eigenvalue weighted by Crippen LogP contribution is -2.28. The summed E-state index contributed by atoms with van der Waals surface area (Å²) in [4.78, 5) is 0. The molecule has 0 aliphatic rings. The van der Waals surface area contributed by atoms with E-state index in [1.165, 1.54) is 5.56 Å². The average molecular weight is 237 g/mol. The minimum absolute atomic E-state index is 0.103. The second-order valence-corrected chi connectivity index (χ2v) is 4.46. The van der Waals surface area contributed by atoms with Crippen molar-refractivity contribution in [1.29, 1.82) is 0 Å². The number of aliphatic hydroxyl groups excluding tert-OH is 1. The van der Waals surface area contributed by atoms with Crippen molar-refractivity contribution in [3.63, 3.8) is 0 Å². The third-order valence-corrected chi connectivity index (χ3v) is 3.03. The zero-order valence-electron chi connectivity index (χ0n) is 10.7. The number of benzene rings is 1. The molecule has 96 valence electrons. The first-order chi connectivity index (χ1) is 8.17. The van der Waals surface area contributed by atoms with E-state index in [1.807, 2.05) is 12.1 Å². The smallest absolute Gasteiger partial charge is 0.119 e. The fourth-order valence-electron chi connectivity index (χ4n) is 1.58. The lowest BCUT2D eigenvalue weighted by molar-refractivity contribution is 0.233. The fourth-order valence-corrected chi connectivity index (χ4v) is 1.58. The van der Waals surface area contributed by atoms with E-state index in [0.29, 0.717) is 18.9 Å². The summed E-state index contributed by atoms with van der Waals surface area (Å²) in [5.74, 6) is 1.42. The largest absolute Gasteiger partial charge is 0.492 e. The topological polar surface area (TPSA) is 55.5 Å². The molecule has 1 rings (SSSR count). The molecule has 0 amide bonds. The van der Waals surface area contributed by atoms with E-state index in [2.05, 4.69) is 26.0 Å². The van der Waals surface area contributed by atoms with Crippen molar-refractivity contribution in [2.75, 3.05) is 13.2 Å². The minimum Gasteiger partial charge on any atom is -0.492 e. The average Bonchev–Trinajstić information content (AvgIpc) is 2.36. The molecular formula is C14H23NO2. The van der Waals surface area contributed by atoms with Gasteiger partial charge in [-0.1, -0.05) is 26.0 Å². The van der Waals surface area contributed by atoms with Crippen LogP contribution in [0, 0.1) is 0 Å². The van der Waals surface area contributed by atoms with Gasteiger partial charge in [-0.2, -0.15) is 0 Å². The van der Waals surface area contributed by atoms with Crippen LogP contribution in [0.1, 0.15) is 38.2 Å². The summed E-state index contributed by atoms with van der Waals surface area (Å²) in [5.41, 5.74) is 7.08. The molecule has 0 aromatic heterocycles. The van der Waals surface area contributed by atoms with Crippen LogP contribution in [0.3, 0.4) is 0 Å². The van der Waals surface area contributed by atoms with Crippen molar-refractivity contribution < 1.29 is 9.84 Å². The lowest BCUT2D eigenvalue weighted by atomic mass is 9.99. The Balaban J connectivity index is 2.45. The van der Waals surface area contributed by atoms with Gasteiger partial charge in [0.1, 0.15) is 12.4 Å². The maximum absolute atomic E-state index is 8.72. The van der Waals surface area contributed by atoms with Crippen molar-refractivity contribution in [3.8, 4) is 5.75 Å². The fraction of sp³-hybridized carbons (Fsp3) is 0.571. The van der Waals surface area contributed by atoms with Crippen molar-refractivity contribution in [3.05, 3.63) is 29.8 Å². The monoisotopic (exact) mass is 237 g/mol. The van der Waals surface area contributed by atoms with Gasteiger partial charge in [-0.05, 0) is 36.5 Å². The molecule has 0 saturated carbocycles. The van der Waals surface area contributed by atoms with Crippen molar-refractivity contribution in [2.45, 2.75) is 38.6 Å². The summed E-state index contributed by atoms with van der Waals surface area (Å²) in [7, 11) is 0. The van der Waals surface area contributed by atoms with Gasteiger partial charge < -0.3 is 15.6 Å². The first-order valence-corrected chi connectivity index (χ1v) is 6.26. The van der Waals surface area contributed by atoms with Crippen molar-refractivity contribution >= 4 is 0 Å². The van der Waals surface area contributed by atoms with Gasteiger partial charge in [-0.15, -0.1) is 0 Å². The van der Waals surface area contributed by atoms with Crippen molar-refractivity contribution in [2.24, 2.45) is 5.73 Å². The van der Waals surface area contributed by atoms with Gasteiger partial charge in [-0.3, -0.25) is 0 Å². The van der Waals surface area contributed by atoms with E-state index in [0.717, 1.165) is 12.2 Å². The van der Waals surface area contributed by atoms with E-state index >= 15 is 0 Å². The number of rotatable bonds is 7. The lowest BCUT2D eigenvalue weighted by Gasteiger charge is -2.13. The van der Waals surface area contributed by atoms with E-state index < -0.39 is 0 Å². The first-order valence-electron chi connectivity index (χ1n) is 6.26. The summed E-state index contributed by atoms with van der Waals surface area (Å²) in [5, 5.41) is 8.72. The van der Waals surface area contributed by atoms with Gasteiger partial charge >= 0.3 is 0 Å². The maximum atomic E-state index is 8.72. The summed E-state index contributed by atoms with van der Waals surface area (Å²) >= 11 is 0. The number of ether oxygens (including phenoxy) is 1. The Morgan fingerprint density at radius 2 is 1.94 bits per heavy atom. The molecule has 0 radical (unpaired) electrons. The Hall–Kier alpha value is -1.06. The predicted molar refractivity (Wildman–Crippen MR) is 70.3 cm³/mol. The zero-order chi connectivity index (χ0) is 12.7. The number of nitrogens with two attached hydrogens (primary N) is 1. The molecule has 3 nitrogen and oxygen atoms in total. The summed E-state index contributed by atoms with van der Waals surface area (Å²) in [6.45, 7) is 4.96. The zero-order valence-corrected chi connectivity index (χ0v) is 10.7. The van der Waals surface area contributed by atoms with Crippen molar-refractivity contribution in [1.82, 2.24) is 0 Å². The first kappa shape index (κ1) is 14.0. The highest BCUT2D eigenvalue weighted by atomic mass is 16.5. The second-order valence-electron chi connectivity index (χ2n) is 4.46. The van der Waals surface area contributed by atoms with Gasteiger partial charge in [0.25, 0.3) is 0 Å². The van der Waals surface area contributed by atoms with Crippen LogP contribution in [0.5, 0.6) is 5.75 Å². The standard InChI is InChI=1S/C14H23NO2/c1-3-11(2)12-4-6-14(7-5-12)17-10-13(15)8-9-16/h4-7,11,13,16H,3,8-10,15H2,1-2H3. The molecule has 3 N–H and O–H groups in total. The molecule has 0 aliphatic heterocycles. The Morgan fingerprint density at radius 1 is 1.29 bits per heavy atom. The van der Waals surface area contributed by atoms with E-state index in [4.69, 9.17) is 15.6 Å². The van der Waals surface area contributed by atoms with Crippen LogP contribution in [0.15, 0.2) is 24.3 Å². The number of hydrogen-bond acceptors (Lipinski definition) is 3. The van der Waals surface area contributed by atoms with Gasteiger partial charge in [0.15, 0.2) is 0 Å². The molecule has 1 aromatic rings. The highest BCUT2D eigenvalue weighted by molar-refractivity contribution is 5.29. The van der Waals surface area contributed by atoms with Crippen LogP contribution in [0.2, 0.25) is 0 Å². The predicted octanol–water partition coefficient (Wildman–Crippen LogP) is 2.29. The van der Waals surface area contributed by atoms with Crippen LogP contribution in [-0.2, 0) is 0 Å². The summed E-state index contributed by atoms with van der Waals surface area (Å²) in [6, 6.07) is 8.05. The molecule has 2 atom stereocenters. The van der Waals surface area contributed by atoms with Crippen LogP contribution in [0.4, 0.5) is 0 Å². The molecule has 0 saturated heterocycles. The highest BCUT2D eigenvalue weighted by Gasteiger charge is 2.05. The molecular weight excluding hydrogens is 214 g/mol. The van der Waals surface area contributed by atoms with Crippen LogP contribution >= 0.6 is 0 Å². The van der Waals surface area contributed by atoms with E-state index in [-0.39, 0.29) is 12.6 Å². The summed E-state index contributed by atoms with van der Waals surface area (Å²) in [6.07, 6.45) is 1.71. The molecule has 0 aliphatic carbocycles. The number of hydrogen-bond donors (Lipinski definition) is 2. The molecule has 2 unspecified atom stereocenters. The van der Waals surface area contributed by atoms with Crippen LogP contribution < -0.4 is 10.5 Å². The third kappa shape index (κ3) is 4.75. The SMILES string of the molecule is CCC(C)c1ccc(OCC(N)CCO)cc1. The van der Waals surface area contributed by atoms with Crippen LogP contribution in [-0.4, -0.2) is 24.4 Å². The van der Waals surface area contributed by atoms with Gasteiger partial charge in [0, 0.05) is 12.6 Å². The van der Waals surface area contributed by atoms with Crippen LogP contribution in [0.25, 0.3) is 0 Å². The second kappa shape index (κ2) is 7.30. The number of aliphatic hydroxyl groups is 1. The molecule has 0 fully saturated rings. The normalized spacial score (nSPS) is 14.4.